The maximum absolute atomic E-state index is 13.4. The molecule has 4 aliphatic carbocycles. The number of carboxylic acids is 4. The quantitative estimate of drug-likeness (QED) is 0.134. The van der Waals surface area contributed by atoms with E-state index in [2.05, 4.69) is 0 Å². The lowest BCUT2D eigenvalue weighted by atomic mass is 9.74. The number of carbonyl (C=O) groups excluding carboxylic acids is 1. The molecular weight excluding hydrogens is 616 g/mol. The molecule has 0 spiro atoms. The molecule has 0 bridgehead atoms. The molecule has 0 amide bonds. The number of esters is 1. The van der Waals surface area contributed by atoms with E-state index in [0.29, 0.717) is 57.8 Å². The lowest BCUT2D eigenvalue weighted by Crippen LogP contribution is -2.42. The first-order valence-electron chi connectivity index (χ1n) is 15.9. The van der Waals surface area contributed by atoms with E-state index in [1.165, 1.54) is 0 Å². The molecule has 6 unspecified atom stereocenters. The maximum atomic E-state index is 13.4. The van der Waals surface area contributed by atoms with E-state index in [1.54, 1.807) is 0 Å². The van der Waals surface area contributed by atoms with E-state index in [-0.39, 0.29) is 44.8 Å². The van der Waals surface area contributed by atoms with Crippen molar-refractivity contribution in [3.8, 4) is 0 Å². The lowest BCUT2D eigenvalue weighted by molar-refractivity contribution is -0.336. The Balaban J connectivity index is 1.20. The van der Waals surface area contributed by atoms with Crippen LogP contribution >= 0.6 is 0 Å². The number of sulfone groups is 1. The van der Waals surface area contributed by atoms with Crippen molar-refractivity contribution in [3.05, 3.63) is 0 Å². The van der Waals surface area contributed by atoms with Crippen molar-refractivity contribution in [3.63, 3.8) is 0 Å². The van der Waals surface area contributed by atoms with Crippen LogP contribution in [0, 0.1) is 35.5 Å². The molecule has 4 N–H and O–H groups in total. The molecule has 0 aromatic rings. The van der Waals surface area contributed by atoms with Gasteiger partial charge in [0.2, 0.25) is 0 Å². The average molecular weight is 661 g/mol. The van der Waals surface area contributed by atoms with E-state index in [0.717, 1.165) is 0 Å². The zero-order valence-electron chi connectivity index (χ0n) is 25.2. The van der Waals surface area contributed by atoms with Crippen LogP contribution in [0.2, 0.25) is 0 Å². The Bertz CT molecular complexity index is 1200. The van der Waals surface area contributed by atoms with Gasteiger partial charge < -0.3 is 25.2 Å². The summed E-state index contributed by atoms with van der Waals surface area (Å²) in [4.78, 5) is 69.9. The number of rotatable bonds is 12. The molecule has 6 atom stereocenters. The van der Waals surface area contributed by atoms with Gasteiger partial charge in [0.1, 0.15) is 6.10 Å². The van der Waals surface area contributed by atoms with Crippen LogP contribution in [-0.2, 0) is 48.3 Å². The smallest absolute Gasteiger partial charge is 0.310 e. The highest BCUT2D eigenvalue weighted by Crippen LogP contribution is 2.39. The molecule has 0 aromatic heterocycles. The molecule has 0 saturated heterocycles. The van der Waals surface area contributed by atoms with Crippen molar-refractivity contribution >= 4 is 39.7 Å². The normalized spacial score (nSPS) is 36.0. The number of hydrogen-bond acceptors (Lipinski definition) is 10. The summed E-state index contributed by atoms with van der Waals surface area (Å²) in [6.45, 7) is -0.0510. The van der Waals surface area contributed by atoms with Crippen LogP contribution in [-0.4, -0.2) is 88.0 Å². The zero-order chi connectivity index (χ0) is 32.9. The summed E-state index contributed by atoms with van der Waals surface area (Å²) in [5.41, 5.74) is 0. The van der Waals surface area contributed by atoms with Crippen molar-refractivity contribution < 1.29 is 67.3 Å². The molecule has 4 saturated carbocycles. The van der Waals surface area contributed by atoms with Crippen molar-refractivity contribution in [1.29, 1.82) is 0 Å². The molecule has 254 valence electrons. The second-order valence-corrected chi connectivity index (χ2v) is 15.7. The summed E-state index contributed by atoms with van der Waals surface area (Å²) >= 11 is 0. The summed E-state index contributed by atoms with van der Waals surface area (Å²) in [7, 11) is -3.49. The minimum atomic E-state index is -3.49. The minimum absolute atomic E-state index is 0.0510. The second kappa shape index (κ2) is 15.2. The summed E-state index contributed by atoms with van der Waals surface area (Å²) in [6, 6.07) is 0. The first-order valence-corrected chi connectivity index (χ1v) is 17.5. The molecule has 14 nitrogen and oxygen atoms in total. The number of carbonyl (C=O) groups is 5. The number of ether oxygens (including phenoxy) is 1. The van der Waals surface area contributed by atoms with Crippen LogP contribution in [0.1, 0.15) is 89.9 Å². The first kappa shape index (κ1) is 35.1. The Hall–Kier alpha value is -2.78. The van der Waals surface area contributed by atoms with Gasteiger partial charge in [-0.3, -0.25) is 24.0 Å². The van der Waals surface area contributed by atoms with E-state index >= 15 is 0 Å². The fourth-order valence-corrected chi connectivity index (χ4v) is 10.0. The highest BCUT2D eigenvalue weighted by molar-refractivity contribution is 7.92. The van der Waals surface area contributed by atoms with E-state index in [1.807, 2.05) is 0 Å². The van der Waals surface area contributed by atoms with Gasteiger partial charge in [-0.05, 0) is 95.8 Å². The van der Waals surface area contributed by atoms with Gasteiger partial charge in [0.15, 0.2) is 9.84 Å². The molecule has 0 aromatic carbocycles. The highest BCUT2D eigenvalue weighted by Gasteiger charge is 2.44. The van der Waals surface area contributed by atoms with Gasteiger partial charge in [-0.15, -0.1) is 0 Å². The SMILES string of the molecule is O=C(O)C1CCC(C(=O)O)C(COOC2CCC(S(=O)(=O)C3CCC(OC(=O)C4CC(C(=O)O)CCC4C(=O)O)CC3)CC2)C1. The van der Waals surface area contributed by atoms with Crippen LogP contribution in [0.3, 0.4) is 0 Å². The Labute approximate surface area is 261 Å². The number of hydrogen-bond donors (Lipinski definition) is 4. The van der Waals surface area contributed by atoms with Crippen LogP contribution in [0.5, 0.6) is 0 Å². The Morgan fingerprint density at radius 3 is 1.56 bits per heavy atom. The molecule has 15 heteroatoms. The van der Waals surface area contributed by atoms with E-state index in [4.69, 9.17) is 14.5 Å². The second-order valence-electron chi connectivity index (χ2n) is 13.2. The number of carboxylic acid groups (broad SMARTS) is 4. The van der Waals surface area contributed by atoms with Gasteiger partial charge in [0.25, 0.3) is 0 Å². The van der Waals surface area contributed by atoms with Gasteiger partial charge >= 0.3 is 29.8 Å². The van der Waals surface area contributed by atoms with Crippen LogP contribution in [0.4, 0.5) is 0 Å². The largest absolute Gasteiger partial charge is 0.481 e. The van der Waals surface area contributed by atoms with E-state index in [9.17, 15) is 52.8 Å². The van der Waals surface area contributed by atoms with Crippen LogP contribution < -0.4 is 0 Å². The molecule has 0 radical (unpaired) electrons. The van der Waals surface area contributed by atoms with Crippen molar-refractivity contribution in [2.45, 2.75) is 113 Å². The molecular formula is C30H44O14S. The Kier molecular flexibility index (Phi) is 11.9. The summed E-state index contributed by atoms with van der Waals surface area (Å²) in [5.74, 6) is -9.60. The zero-order valence-corrected chi connectivity index (χ0v) is 26.0. The van der Waals surface area contributed by atoms with Crippen LogP contribution in [0.15, 0.2) is 0 Å². The molecule has 0 heterocycles. The van der Waals surface area contributed by atoms with E-state index < -0.39 is 91.8 Å². The third kappa shape index (κ3) is 8.73. The first-order chi connectivity index (χ1) is 21.3. The number of aliphatic carboxylic acids is 4. The molecule has 45 heavy (non-hydrogen) atoms. The minimum Gasteiger partial charge on any atom is -0.481 e. The molecule has 4 fully saturated rings. The Morgan fingerprint density at radius 2 is 1.04 bits per heavy atom. The Morgan fingerprint density at radius 1 is 0.556 bits per heavy atom. The average Bonchev–Trinajstić information content (AvgIpc) is 3.01. The molecule has 4 aliphatic rings. The standard InChI is InChI=1S/C30H44O14S/c31-26(32)16-1-11-23(28(35)36)18(13-16)15-42-44-20-5-9-22(10-6-20)45(40,41)21-7-3-19(4-8-21)43-30(39)25-14-17(27(33)34)2-12-24(25)29(37)38/h16-25H,1-15H2,(H,31,32)(H,33,34)(H,35,36)(H,37,38). The summed E-state index contributed by atoms with van der Waals surface area (Å²) in [5, 5.41) is 36.5. The van der Waals surface area contributed by atoms with Gasteiger partial charge in [-0.1, -0.05) is 0 Å². The van der Waals surface area contributed by atoms with Gasteiger partial charge in [0.05, 0.1) is 52.8 Å². The predicted octanol–water partition coefficient (Wildman–Crippen LogP) is 2.92. The lowest BCUT2D eigenvalue weighted by Gasteiger charge is -2.35. The van der Waals surface area contributed by atoms with Crippen molar-refractivity contribution in [2.75, 3.05) is 6.61 Å². The summed E-state index contributed by atoms with van der Waals surface area (Å²) in [6.07, 6.45) is 2.85. The summed E-state index contributed by atoms with van der Waals surface area (Å²) < 4.78 is 32.5. The monoisotopic (exact) mass is 660 g/mol. The fourth-order valence-electron chi connectivity index (χ4n) is 7.63. The van der Waals surface area contributed by atoms with Crippen molar-refractivity contribution in [1.82, 2.24) is 0 Å². The van der Waals surface area contributed by atoms with Crippen LogP contribution in [0.25, 0.3) is 0 Å². The van der Waals surface area contributed by atoms with Gasteiger partial charge in [-0.2, -0.15) is 0 Å². The topological polar surface area (TPSA) is 228 Å². The third-order valence-corrected chi connectivity index (χ3v) is 13.2. The molecule has 4 rings (SSSR count). The van der Waals surface area contributed by atoms with Gasteiger partial charge in [0, 0.05) is 0 Å². The molecule has 0 aliphatic heterocycles. The highest BCUT2D eigenvalue weighted by atomic mass is 32.2. The maximum Gasteiger partial charge on any atom is 0.310 e. The third-order valence-electron chi connectivity index (χ3n) is 10.4. The van der Waals surface area contributed by atoms with Crippen molar-refractivity contribution in [2.24, 2.45) is 35.5 Å². The van der Waals surface area contributed by atoms with Gasteiger partial charge in [-0.25, -0.2) is 18.2 Å². The predicted molar refractivity (Wildman–Crippen MR) is 153 cm³/mol. The fraction of sp³-hybridized carbons (Fsp3) is 0.833.